The molecule has 0 bridgehead atoms. The van der Waals surface area contributed by atoms with Crippen LogP contribution in [0, 0.1) is 0 Å². The number of alkyl halides is 3. The van der Waals surface area contributed by atoms with Crippen LogP contribution >= 0.6 is 0 Å². The molecule has 0 aliphatic heterocycles. The summed E-state index contributed by atoms with van der Waals surface area (Å²) in [6.45, 7) is 0. The van der Waals surface area contributed by atoms with Gasteiger partial charge in [-0.1, -0.05) is 12.1 Å². The van der Waals surface area contributed by atoms with Crippen molar-refractivity contribution in [2.45, 2.75) is 6.36 Å². The van der Waals surface area contributed by atoms with Gasteiger partial charge in [-0.15, -0.1) is 13.2 Å². The Kier molecular flexibility index (Phi) is 5.86. The molecule has 0 aliphatic rings. The summed E-state index contributed by atoms with van der Waals surface area (Å²) in [5, 5.41) is 10.6. The van der Waals surface area contributed by atoms with E-state index in [1.54, 1.807) is 50.3 Å². The van der Waals surface area contributed by atoms with E-state index in [1.807, 2.05) is 6.07 Å². The van der Waals surface area contributed by atoms with Crippen LogP contribution in [0.1, 0.15) is 0 Å². The van der Waals surface area contributed by atoms with Crippen molar-refractivity contribution in [2.75, 3.05) is 31.9 Å². The molecule has 11 heteroatoms. The highest BCUT2D eigenvalue weighted by atomic mass is 19.4. The van der Waals surface area contributed by atoms with Crippen molar-refractivity contribution >= 4 is 22.8 Å². The SMILES string of the molecule is CNc1cc(Nc2ccn3ncc(-c4ccc(OC(F)(F)F)cc4)c3n2)cc(OC)c1OC. The van der Waals surface area contributed by atoms with Crippen LogP contribution in [0.3, 0.4) is 0 Å². The minimum absolute atomic E-state index is 0.299. The molecule has 2 aromatic carbocycles. The molecule has 0 unspecified atom stereocenters. The first kappa shape index (κ1) is 22.1. The number of fused-ring (bicyclic) bond motifs is 1. The molecule has 2 heterocycles. The van der Waals surface area contributed by atoms with Crippen LogP contribution in [0.2, 0.25) is 0 Å². The lowest BCUT2D eigenvalue weighted by atomic mass is 10.1. The molecule has 33 heavy (non-hydrogen) atoms. The fourth-order valence-corrected chi connectivity index (χ4v) is 3.35. The molecular formula is C22H20F3N5O3. The Labute approximate surface area is 186 Å². The maximum absolute atomic E-state index is 12.4. The highest BCUT2D eigenvalue weighted by molar-refractivity contribution is 5.79. The maximum Gasteiger partial charge on any atom is 0.573 e. The van der Waals surface area contributed by atoms with Gasteiger partial charge in [0.25, 0.3) is 0 Å². The Hall–Kier alpha value is -4.15. The predicted molar refractivity (Wildman–Crippen MR) is 117 cm³/mol. The number of rotatable bonds is 7. The quantitative estimate of drug-likeness (QED) is 0.398. The number of nitrogens with one attached hydrogen (secondary N) is 2. The lowest BCUT2D eigenvalue weighted by molar-refractivity contribution is -0.274. The molecule has 8 nitrogen and oxygen atoms in total. The van der Waals surface area contributed by atoms with Crippen molar-refractivity contribution in [1.82, 2.24) is 14.6 Å². The average molecular weight is 459 g/mol. The molecule has 2 N–H and O–H groups in total. The highest BCUT2D eigenvalue weighted by Gasteiger charge is 2.31. The third-order valence-corrected chi connectivity index (χ3v) is 4.79. The second-order valence-corrected chi connectivity index (χ2v) is 6.85. The van der Waals surface area contributed by atoms with Crippen LogP contribution in [0.15, 0.2) is 54.9 Å². The van der Waals surface area contributed by atoms with Gasteiger partial charge in [-0.05, 0) is 29.8 Å². The third kappa shape index (κ3) is 4.71. The summed E-state index contributed by atoms with van der Waals surface area (Å²) in [5.74, 6) is 1.35. The first-order chi connectivity index (χ1) is 15.8. The average Bonchev–Trinajstić information content (AvgIpc) is 3.21. The number of nitrogens with zero attached hydrogens (tertiary/aromatic N) is 3. The van der Waals surface area contributed by atoms with Gasteiger partial charge >= 0.3 is 6.36 Å². The van der Waals surface area contributed by atoms with E-state index in [2.05, 4.69) is 25.5 Å². The topological polar surface area (TPSA) is 81.9 Å². The number of aromatic nitrogens is 3. The van der Waals surface area contributed by atoms with Gasteiger partial charge in [0.15, 0.2) is 17.1 Å². The van der Waals surface area contributed by atoms with E-state index in [4.69, 9.17) is 9.47 Å². The molecule has 0 amide bonds. The van der Waals surface area contributed by atoms with E-state index < -0.39 is 6.36 Å². The molecule has 0 atom stereocenters. The monoisotopic (exact) mass is 459 g/mol. The van der Waals surface area contributed by atoms with Crippen LogP contribution in [0.4, 0.5) is 30.4 Å². The van der Waals surface area contributed by atoms with Gasteiger partial charge in [0.1, 0.15) is 11.6 Å². The highest BCUT2D eigenvalue weighted by Crippen LogP contribution is 2.39. The molecule has 4 rings (SSSR count). The number of hydrogen-bond acceptors (Lipinski definition) is 7. The van der Waals surface area contributed by atoms with Crippen molar-refractivity contribution in [3.05, 3.63) is 54.9 Å². The largest absolute Gasteiger partial charge is 0.573 e. The van der Waals surface area contributed by atoms with Crippen molar-refractivity contribution in [1.29, 1.82) is 0 Å². The summed E-state index contributed by atoms with van der Waals surface area (Å²) in [6, 6.07) is 10.9. The lowest BCUT2D eigenvalue weighted by Gasteiger charge is -2.15. The number of halogens is 3. The van der Waals surface area contributed by atoms with Crippen LogP contribution in [-0.2, 0) is 0 Å². The van der Waals surface area contributed by atoms with Crippen LogP contribution in [-0.4, -0.2) is 42.2 Å². The summed E-state index contributed by atoms with van der Waals surface area (Å²) in [7, 11) is 4.88. The zero-order valence-electron chi connectivity index (χ0n) is 17.9. The summed E-state index contributed by atoms with van der Waals surface area (Å²) in [6.07, 6.45) is -1.42. The Balaban J connectivity index is 1.65. The number of methoxy groups -OCH3 is 2. The Morgan fingerprint density at radius 1 is 1.00 bits per heavy atom. The summed E-state index contributed by atoms with van der Waals surface area (Å²) >= 11 is 0. The summed E-state index contributed by atoms with van der Waals surface area (Å²) in [4.78, 5) is 4.63. The predicted octanol–water partition coefficient (Wildman–Crippen LogP) is 5.10. The van der Waals surface area contributed by atoms with Crippen molar-refractivity contribution in [3.8, 4) is 28.4 Å². The molecule has 0 radical (unpaired) electrons. The second-order valence-electron chi connectivity index (χ2n) is 6.85. The minimum Gasteiger partial charge on any atom is -0.493 e. The van der Waals surface area contributed by atoms with Gasteiger partial charge < -0.3 is 24.8 Å². The van der Waals surface area contributed by atoms with E-state index in [-0.39, 0.29) is 5.75 Å². The molecule has 0 fully saturated rings. The van der Waals surface area contributed by atoms with E-state index >= 15 is 0 Å². The number of anilines is 3. The zero-order valence-corrected chi connectivity index (χ0v) is 17.9. The molecular weight excluding hydrogens is 439 g/mol. The fraction of sp³-hybridized carbons (Fsp3) is 0.182. The van der Waals surface area contributed by atoms with Gasteiger partial charge in [0.2, 0.25) is 0 Å². The molecule has 0 saturated heterocycles. The van der Waals surface area contributed by atoms with E-state index in [0.29, 0.717) is 39.8 Å². The molecule has 2 aromatic heterocycles. The molecule has 0 aliphatic carbocycles. The van der Waals surface area contributed by atoms with Gasteiger partial charge in [0, 0.05) is 30.6 Å². The molecule has 4 aromatic rings. The van der Waals surface area contributed by atoms with E-state index in [1.165, 1.54) is 24.3 Å². The standard InChI is InChI=1S/C22H20F3N5O3/c1-26-17-10-14(11-18(31-2)20(17)32-3)28-19-8-9-30-21(29-19)16(12-27-30)13-4-6-15(7-5-13)33-22(23,24)25/h4-12,26H,1-3H3,(H,28,29). The zero-order chi connectivity index (χ0) is 23.6. The first-order valence-electron chi connectivity index (χ1n) is 9.72. The first-order valence-corrected chi connectivity index (χ1v) is 9.72. The van der Waals surface area contributed by atoms with Gasteiger partial charge in [0.05, 0.1) is 26.1 Å². The molecule has 0 saturated carbocycles. The Bertz CT molecular complexity index is 1250. The number of ether oxygens (including phenoxy) is 3. The lowest BCUT2D eigenvalue weighted by Crippen LogP contribution is -2.16. The normalized spacial score (nSPS) is 11.3. The second kappa shape index (κ2) is 8.77. The number of hydrogen-bond donors (Lipinski definition) is 2. The summed E-state index contributed by atoms with van der Waals surface area (Å²) < 4.78 is 53.6. The van der Waals surface area contributed by atoms with Crippen molar-refractivity contribution in [2.24, 2.45) is 0 Å². The maximum atomic E-state index is 12.4. The van der Waals surface area contributed by atoms with E-state index in [0.717, 1.165) is 5.69 Å². The minimum atomic E-state index is -4.74. The molecule has 0 spiro atoms. The Morgan fingerprint density at radius 3 is 2.39 bits per heavy atom. The number of benzene rings is 2. The van der Waals surface area contributed by atoms with Crippen LogP contribution in [0.25, 0.3) is 16.8 Å². The van der Waals surface area contributed by atoms with Crippen LogP contribution in [0.5, 0.6) is 17.2 Å². The van der Waals surface area contributed by atoms with Gasteiger partial charge in [-0.25, -0.2) is 9.50 Å². The summed E-state index contributed by atoms with van der Waals surface area (Å²) in [5.41, 5.74) is 3.27. The van der Waals surface area contributed by atoms with Gasteiger partial charge in [-0.2, -0.15) is 5.10 Å². The fourth-order valence-electron chi connectivity index (χ4n) is 3.35. The smallest absolute Gasteiger partial charge is 0.493 e. The third-order valence-electron chi connectivity index (χ3n) is 4.79. The van der Waals surface area contributed by atoms with Crippen molar-refractivity contribution in [3.63, 3.8) is 0 Å². The Morgan fingerprint density at radius 2 is 1.76 bits per heavy atom. The van der Waals surface area contributed by atoms with Gasteiger partial charge in [-0.3, -0.25) is 0 Å². The van der Waals surface area contributed by atoms with Crippen molar-refractivity contribution < 1.29 is 27.4 Å². The van der Waals surface area contributed by atoms with E-state index in [9.17, 15) is 13.2 Å². The van der Waals surface area contributed by atoms with Crippen LogP contribution < -0.4 is 24.8 Å². The molecule has 172 valence electrons.